The molecule has 1 saturated heterocycles. The highest BCUT2D eigenvalue weighted by Crippen LogP contribution is 2.36. The number of alkyl halides is 2. The lowest BCUT2D eigenvalue weighted by atomic mass is 9.55. The summed E-state index contributed by atoms with van der Waals surface area (Å²) in [7, 11) is 6.00. The normalized spacial score (nSPS) is 18.4. The highest BCUT2D eigenvalue weighted by atomic mass is 35.5. The Kier molecular flexibility index (Phi) is 6.58. The number of rotatable bonds is 5. The number of fused-ring (bicyclic) bond motifs is 1. The van der Waals surface area contributed by atoms with Crippen molar-refractivity contribution in [3.8, 4) is 0 Å². The molecular formula is C22H22B4ClF2N3O4. The van der Waals surface area contributed by atoms with Gasteiger partial charge >= 0.3 is 5.92 Å². The molecule has 0 aromatic heterocycles. The van der Waals surface area contributed by atoms with E-state index in [1.54, 1.807) is 33.9 Å². The maximum absolute atomic E-state index is 15.1. The Bertz CT molecular complexity index is 1280. The van der Waals surface area contributed by atoms with E-state index in [1.165, 1.54) is 33.0 Å². The van der Waals surface area contributed by atoms with Gasteiger partial charge in [-0.05, 0) is 41.1 Å². The fourth-order valence-corrected chi connectivity index (χ4v) is 4.73. The van der Waals surface area contributed by atoms with E-state index in [0.717, 1.165) is 21.8 Å². The van der Waals surface area contributed by atoms with Crippen molar-refractivity contribution in [2.75, 3.05) is 0 Å². The number of halogens is 3. The molecule has 36 heavy (non-hydrogen) atoms. The zero-order valence-corrected chi connectivity index (χ0v) is 21.1. The van der Waals surface area contributed by atoms with E-state index in [4.69, 9.17) is 11.6 Å². The smallest absolute Gasteiger partial charge is 0.348 e. The fraction of sp³-hybridized carbons (Fsp3) is 0.273. The Labute approximate surface area is 215 Å². The summed E-state index contributed by atoms with van der Waals surface area (Å²) in [6.07, 6.45) is 0.414. The van der Waals surface area contributed by atoms with E-state index in [2.05, 4.69) is 0 Å². The summed E-state index contributed by atoms with van der Waals surface area (Å²) in [6, 6.07) is 9.03. The third-order valence-corrected chi connectivity index (χ3v) is 7.51. The predicted octanol–water partition coefficient (Wildman–Crippen LogP) is -1.09. The monoisotopic (exact) mass is 509 g/mol. The zero-order chi connectivity index (χ0) is 26.6. The first-order chi connectivity index (χ1) is 16.8. The molecule has 182 valence electrons. The van der Waals surface area contributed by atoms with Crippen molar-refractivity contribution in [3.63, 3.8) is 0 Å². The van der Waals surface area contributed by atoms with Gasteiger partial charge in [-0.2, -0.15) is 8.78 Å². The summed E-state index contributed by atoms with van der Waals surface area (Å²) in [5.41, 5.74) is 1.13. The lowest BCUT2D eigenvalue weighted by molar-refractivity contribution is -0.155. The summed E-state index contributed by atoms with van der Waals surface area (Å²) in [5.74, 6) is -6.19. The van der Waals surface area contributed by atoms with Crippen LogP contribution in [0.15, 0.2) is 42.5 Å². The number of piperidine rings is 1. The number of amides is 4. The Morgan fingerprint density at radius 2 is 1.67 bits per heavy atom. The molecule has 1 fully saturated rings. The molecule has 2 heterocycles. The molecule has 2 aromatic rings. The molecule has 2 aliphatic rings. The molecule has 4 amide bonds. The second-order valence-electron chi connectivity index (χ2n) is 9.65. The standard InChI is InChI=1S/C22H22B4ClF2N3O4/c23-22(24,32(26)20(36)21(28,29)12-1-4-14(27)5-2-12)13-3-6-15-11(9-13)10-30(18(15)34)16-7-8-17(33)31(25)19(16)35/h1-6,9,16H,7-8,10,23-26H2. The van der Waals surface area contributed by atoms with Gasteiger partial charge in [-0.3, -0.25) is 19.2 Å². The first kappa shape index (κ1) is 26.0. The zero-order valence-electron chi connectivity index (χ0n) is 20.3. The quantitative estimate of drug-likeness (QED) is 0.380. The third kappa shape index (κ3) is 4.23. The van der Waals surface area contributed by atoms with E-state index < -0.39 is 34.7 Å². The molecule has 0 bridgehead atoms. The Morgan fingerprint density at radius 1 is 1.06 bits per heavy atom. The van der Waals surface area contributed by atoms with Gasteiger partial charge in [0.05, 0.1) is 0 Å². The van der Waals surface area contributed by atoms with Gasteiger partial charge in [0.2, 0.25) is 27.8 Å². The van der Waals surface area contributed by atoms with Crippen LogP contribution in [0.5, 0.6) is 0 Å². The van der Waals surface area contributed by atoms with Crippen LogP contribution in [0.25, 0.3) is 0 Å². The molecule has 1 atom stereocenters. The van der Waals surface area contributed by atoms with E-state index in [9.17, 15) is 19.2 Å². The number of hydrogen-bond acceptors (Lipinski definition) is 4. The molecule has 4 rings (SSSR count). The molecule has 2 aromatic carbocycles. The molecule has 0 N–H and O–H groups in total. The molecule has 2 aliphatic heterocycles. The number of carbonyl (C=O) groups excluding carboxylic acids is 4. The first-order valence-electron chi connectivity index (χ1n) is 11.4. The SMILES string of the molecule is BN1C(=O)CCC(N2Cc3cc(C(B)(B)N(B)C(=O)C(F)(F)c4ccc(Cl)cc4)ccc3C2=O)C1=O. The van der Waals surface area contributed by atoms with E-state index in [-0.39, 0.29) is 36.2 Å². The van der Waals surface area contributed by atoms with Crippen LogP contribution in [0.1, 0.15) is 39.9 Å². The summed E-state index contributed by atoms with van der Waals surface area (Å²) in [6.45, 7) is 0.148. The van der Waals surface area contributed by atoms with Crippen molar-refractivity contribution >= 4 is 66.9 Å². The van der Waals surface area contributed by atoms with Crippen LogP contribution in [0.3, 0.4) is 0 Å². The summed E-state index contributed by atoms with van der Waals surface area (Å²) in [5, 5.41) is -0.864. The van der Waals surface area contributed by atoms with E-state index in [1.807, 2.05) is 0 Å². The van der Waals surface area contributed by atoms with Gasteiger partial charge in [-0.1, -0.05) is 35.9 Å². The number of benzene rings is 2. The highest BCUT2D eigenvalue weighted by molar-refractivity contribution is 6.43. The van der Waals surface area contributed by atoms with Crippen LogP contribution in [0.2, 0.25) is 5.02 Å². The minimum absolute atomic E-state index is 0.148. The van der Waals surface area contributed by atoms with Crippen LogP contribution < -0.4 is 0 Å². The van der Waals surface area contributed by atoms with Crippen LogP contribution in [0.4, 0.5) is 8.78 Å². The fourth-order valence-electron chi connectivity index (χ4n) is 4.60. The number of imide groups is 1. The summed E-state index contributed by atoms with van der Waals surface area (Å²) >= 11 is 5.79. The van der Waals surface area contributed by atoms with Crippen molar-refractivity contribution in [1.29, 1.82) is 0 Å². The van der Waals surface area contributed by atoms with Gasteiger partial charge in [-0.25, -0.2) is 0 Å². The first-order valence-corrected chi connectivity index (χ1v) is 11.8. The van der Waals surface area contributed by atoms with Gasteiger partial charge in [0.1, 0.15) is 21.7 Å². The van der Waals surface area contributed by atoms with Crippen molar-refractivity contribution < 1.29 is 28.0 Å². The van der Waals surface area contributed by atoms with E-state index >= 15 is 8.78 Å². The van der Waals surface area contributed by atoms with Crippen molar-refractivity contribution in [2.24, 2.45) is 0 Å². The summed E-state index contributed by atoms with van der Waals surface area (Å²) in [4.78, 5) is 53.9. The largest absolute Gasteiger partial charge is 0.393 e. The van der Waals surface area contributed by atoms with Gasteiger partial charge in [-0.15, -0.1) is 0 Å². The van der Waals surface area contributed by atoms with Crippen LogP contribution in [-0.4, -0.2) is 75.8 Å². The highest BCUT2D eigenvalue weighted by Gasteiger charge is 2.47. The summed E-state index contributed by atoms with van der Waals surface area (Å²) < 4.78 is 30.1. The topological polar surface area (TPSA) is 78.0 Å². The van der Waals surface area contributed by atoms with Crippen molar-refractivity contribution in [1.82, 2.24) is 14.5 Å². The van der Waals surface area contributed by atoms with Gasteiger partial charge in [0.25, 0.3) is 11.8 Å². The Morgan fingerprint density at radius 3 is 2.31 bits per heavy atom. The Hall–Kier alpha value is -3.07. The Balaban J connectivity index is 1.58. The lowest BCUT2D eigenvalue weighted by Gasteiger charge is -2.39. The van der Waals surface area contributed by atoms with Gasteiger partial charge < -0.3 is 14.5 Å². The van der Waals surface area contributed by atoms with Crippen LogP contribution in [-0.2, 0) is 32.2 Å². The average Bonchev–Trinajstić information content (AvgIpc) is 3.17. The average molecular weight is 509 g/mol. The molecule has 1 unspecified atom stereocenters. The van der Waals surface area contributed by atoms with Gasteiger partial charge in [0, 0.05) is 29.1 Å². The second kappa shape index (κ2) is 9.10. The maximum atomic E-state index is 15.1. The lowest BCUT2D eigenvalue weighted by Crippen LogP contribution is -2.53. The maximum Gasteiger partial charge on any atom is 0.348 e. The predicted molar refractivity (Wildman–Crippen MR) is 139 cm³/mol. The van der Waals surface area contributed by atoms with Gasteiger partial charge in [0.15, 0.2) is 0 Å². The van der Waals surface area contributed by atoms with Crippen LogP contribution in [0, 0.1) is 0 Å². The number of carbonyl (C=O) groups is 4. The van der Waals surface area contributed by atoms with Crippen LogP contribution >= 0.6 is 11.6 Å². The van der Waals surface area contributed by atoms with E-state index in [0.29, 0.717) is 16.7 Å². The molecule has 0 spiro atoms. The minimum atomic E-state index is -3.77. The molecule has 0 radical (unpaired) electrons. The number of hydrogen-bond donors (Lipinski definition) is 0. The van der Waals surface area contributed by atoms with Crippen molar-refractivity contribution in [2.45, 2.75) is 36.7 Å². The molecule has 14 heteroatoms. The van der Waals surface area contributed by atoms with Crippen molar-refractivity contribution in [3.05, 3.63) is 69.7 Å². The molecule has 0 aliphatic carbocycles. The molecule has 0 saturated carbocycles. The molecular weight excluding hydrogens is 487 g/mol. The minimum Gasteiger partial charge on any atom is -0.393 e. The third-order valence-electron chi connectivity index (χ3n) is 7.26. The number of nitrogens with zero attached hydrogens (tertiary/aromatic N) is 3. The second-order valence-corrected chi connectivity index (χ2v) is 10.1. The molecule has 7 nitrogen and oxygen atoms in total.